The zero-order valence-corrected chi connectivity index (χ0v) is 17.3. The fourth-order valence-electron chi connectivity index (χ4n) is 4.18. The van der Waals surface area contributed by atoms with Gasteiger partial charge < -0.3 is 10.6 Å². The van der Waals surface area contributed by atoms with Crippen LogP contribution in [0.15, 0.2) is 24.3 Å². The highest BCUT2D eigenvalue weighted by atomic mass is 15.1. The van der Waals surface area contributed by atoms with E-state index in [0.29, 0.717) is 11.4 Å². The number of aryl methyl sites for hydroxylation is 1. The Labute approximate surface area is 169 Å². The summed E-state index contributed by atoms with van der Waals surface area (Å²) in [6.45, 7) is 0. The summed E-state index contributed by atoms with van der Waals surface area (Å²) < 4.78 is 0. The molecular formula is C24H32N4. The summed E-state index contributed by atoms with van der Waals surface area (Å²) in [7, 11) is 4.07. The van der Waals surface area contributed by atoms with Gasteiger partial charge in [-0.1, -0.05) is 50.7 Å². The zero-order chi connectivity index (χ0) is 19.9. The van der Waals surface area contributed by atoms with Crippen LogP contribution in [0.1, 0.15) is 68.2 Å². The lowest BCUT2D eigenvalue weighted by molar-refractivity contribution is 0.557. The van der Waals surface area contributed by atoms with E-state index in [2.05, 4.69) is 35.2 Å². The van der Waals surface area contributed by atoms with Crippen molar-refractivity contribution >= 4 is 11.5 Å². The predicted octanol–water partition coefficient (Wildman–Crippen LogP) is 5.49. The van der Waals surface area contributed by atoms with Gasteiger partial charge >= 0.3 is 0 Å². The van der Waals surface area contributed by atoms with E-state index in [-0.39, 0.29) is 0 Å². The molecule has 1 heterocycles. The number of pyridine rings is 1. The van der Waals surface area contributed by atoms with Gasteiger partial charge in [-0.15, -0.1) is 0 Å². The van der Waals surface area contributed by atoms with Crippen molar-refractivity contribution < 1.29 is 0 Å². The first-order valence-corrected chi connectivity index (χ1v) is 10.6. The topological polar surface area (TPSA) is 65.9 Å². The van der Waals surface area contributed by atoms with Crippen LogP contribution in [-0.4, -0.2) is 19.1 Å². The van der Waals surface area contributed by atoms with Gasteiger partial charge in [-0.2, -0.15) is 5.26 Å². The number of aromatic nitrogens is 1. The minimum Gasteiger partial charge on any atom is -0.383 e. The van der Waals surface area contributed by atoms with Gasteiger partial charge in [0, 0.05) is 31.0 Å². The molecule has 148 valence electrons. The maximum Gasteiger partial charge on any atom is 0.142 e. The lowest BCUT2D eigenvalue weighted by atomic mass is 9.89. The van der Waals surface area contributed by atoms with Gasteiger partial charge in [0.2, 0.25) is 0 Å². The Hall–Kier alpha value is -2.54. The Morgan fingerprint density at radius 1 is 0.893 bits per heavy atom. The maximum absolute atomic E-state index is 9.84. The van der Waals surface area contributed by atoms with Gasteiger partial charge in [-0.3, -0.25) is 0 Å². The highest BCUT2D eigenvalue weighted by Gasteiger charge is 2.20. The van der Waals surface area contributed by atoms with E-state index in [4.69, 9.17) is 10.7 Å². The lowest BCUT2D eigenvalue weighted by Gasteiger charge is -2.19. The molecule has 28 heavy (non-hydrogen) atoms. The number of nitrogens with two attached hydrogens (primary N) is 1. The second kappa shape index (κ2) is 9.59. The van der Waals surface area contributed by atoms with E-state index in [1.54, 1.807) is 0 Å². The van der Waals surface area contributed by atoms with E-state index >= 15 is 0 Å². The van der Waals surface area contributed by atoms with Gasteiger partial charge in [0.05, 0.1) is 0 Å². The molecule has 4 heteroatoms. The molecule has 0 saturated heterocycles. The molecule has 0 aliphatic heterocycles. The maximum atomic E-state index is 9.84. The van der Waals surface area contributed by atoms with Crippen LogP contribution in [0, 0.1) is 11.3 Å². The third-order valence-corrected chi connectivity index (χ3v) is 5.79. The second-order valence-electron chi connectivity index (χ2n) is 8.05. The monoisotopic (exact) mass is 376 g/mol. The fraction of sp³-hybridized carbons (Fsp3) is 0.500. The van der Waals surface area contributed by atoms with E-state index in [9.17, 15) is 5.26 Å². The molecule has 3 rings (SSSR count). The van der Waals surface area contributed by atoms with Crippen LogP contribution in [0.25, 0.3) is 11.1 Å². The summed E-state index contributed by atoms with van der Waals surface area (Å²) in [5, 5.41) is 9.84. The van der Waals surface area contributed by atoms with Crippen molar-refractivity contribution in [2.45, 2.75) is 64.2 Å². The molecule has 2 N–H and O–H groups in total. The summed E-state index contributed by atoms with van der Waals surface area (Å²) in [6, 6.07) is 10.8. The predicted molar refractivity (Wildman–Crippen MR) is 117 cm³/mol. The van der Waals surface area contributed by atoms with Gasteiger partial charge in [-0.05, 0) is 48.9 Å². The third-order valence-electron chi connectivity index (χ3n) is 5.79. The van der Waals surface area contributed by atoms with Crippen LogP contribution < -0.4 is 10.6 Å². The Balaban J connectivity index is 2.09. The first-order valence-electron chi connectivity index (χ1n) is 10.6. The van der Waals surface area contributed by atoms with Gasteiger partial charge in [0.25, 0.3) is 0 Å². The average molecular weight is 377 g/mol. The van der Waals surface area contributed by atoms with Crippen molar-refractivity contribution in [1.29, 1.82) is 5.26 Å². The number of nitrogen functional groups attached to an aromatic ring is 1. The quantitative estimate of drug-likeness (QED) is 0.753. The number of nitrogens with zero attached hydrogens (tertiary/aromatic N) is 3. The Kier molecular flexibility index (Phi) is 6.92. The SMILES string of the molecule is CN(C)c1ccc(-c2c(C#N)c(N)nc3c2CCCCCCCCCC3)cc1. The molecule has 0 bridgehead atoms. The van der Waals surface area contributed by atoms with Crippen molar-refractivity contribution in [2.75, 3.05) is 24.7 Å². The van der Waals surface area contributed by atoms with Crippen molar-refractivity contribution in [3.05, 3.63) is 41.1 Å². The lowest BCUT2D eigenvalue weighted by Crippen LogP contribution is -2.10. The molecule has 0 amide bonds. The van der Waals surface area contributed by atoms with E-state index in [1.165, 1.54) is 44.1 Å². The normalized spacial score (nSPS) is 15.6. The van der Waals surface area contributed by atoms with Crippen LogP contribution >= 0.6 is 0 Å². The van der Waals surface area contributed by atoms with Crippen molar-refractivity contribution in [3.63, 3.8) is 0 Å². The highest BCUT2D eigenvalue weighted by Crippen LogP contribution is 2.35. The molecule has 4 nitrogen and oxygen atoms in total. The molecule has 1 aliphatic rings. The highest BCUT2D eigenvalue weighted by molar-refractivity contribution is 5.80. The number of nitriles is 1. The van der Waals surface area contributed by atoms with Crippen molar-refractivity contribution in [1.82, 2.24) is 4.98 Å². The molecule has 1 aromatic carbocycles. The van der Waals surface area contributed by atoms with Crippen LogP contribution in [0.5, 0.6) is 0 Å². The van der Waals surface area contributed by atoms with Gasteiger partial charge in [-0.25, -0.2) is 4.98 Å². The molecule has 0 spiro atoms. The Morgan fingerprint density at radius 3 is 2.04 bits per heavy atom. The van der Waals surface area contributed by atoms with Crippen molar-refractivity contribution in [2.24, 2.45) is 0 Å². The van der Waals surface area contributed by atoms with Crippen LogP contribution in [-0.2, 0) is 12.8 Å². The fourth-order valence-corrected chi connectivity index (χ4v) is 4.18. The standard InChI is InChI=1S/C24H32N4/c1-28(2)19-15-13-18(14-16-19)23-20-11-9-7-5-3-4-6-8-10-12-22(20)27-24(26)21(23)17-25/h13-16H,3-12H2,1-2H3,(H2,26,27). The average Bonchev–Trinajstić information content (AvgIpc) is 2.68. The molecule has 1 aliphatic carbocycles. The second-order valence-corrected chi connectivity index (χ2v) is 8.05. The first kappa shape index (κ1) is 20.2. The third kappa shape index (κ3) is 4.65. The molecule has 2 aromatic rings. The van der Waals surface area contributed by atoms with Crippen LogP contribution in [0.2, 0.25) is 0 Å². The molecule has 1 aromatic heterocycles. The zero-order valence-electron chi connectivity index (χ0n) is 17.3. The number of anilines is 2. The largest absolute Gasteiger partial charge is 0.383 e. The molecule has 0 saturated carbocycles. The number of hydrogen-bond acceptors (Lipinski definition) is 4. The molecular weight excluding hydrogens is 344 g/mol. The minimum absolute atomic E-state index is 0.375. The van der Waals surface area contributed by atoms with Crippen LogP contribution in [0.3, 0.4) is 0 Å². The first-order chi connectivity index (χ1) is 13.6. The van der Waals surface area contributed by atoms with E-state index < -0.39 is 0 Å². The minimum atomic E-state index is 0.375. The van der Waals surface area contributed by atoms with E-state index in [1.807, 2.05) is 14.1 Å². The number of fused-ring (bicyclic) bond motifs is 1. The van der Waals surface area contributed by atoms with Gasteiger partial charge in [0.1, 0.15) is 17.5 Å². The van der Waals surface area contributed by atoms with Crippen molar-refractivity contribution in [3.8, 4) is 17.2 Å². The molecule has 0 unspecified atom stereocenters. The Morgan fingerprint density at radius 2 is 1.46 bits per heavy atom. The van der Waals surface area contributed by atoms with Gasteiger partial charge in [0.15, 0.2) is 0 Å². The Bertz CT molecular complexity index is 831. The summed E-state index contributed by atoms with van der Waals surface area (Å²) >= 11 is 0. The summed E-state index contributed by atoms with van der Waals surface area (Å²) in [5.41, 5.74) is 12.3. The number of rotatable bonds is 2. The van der Waals surface area contributed by atoms with Crippen LogP contribution in [0.4, 0.5) is 11.5 Å². The summed E-state index contributed by atoms with van der Waals surface area (Å²) in [6.07, 6.45) is 12.0. The summed E-state index contributed by atoms with van der Waals surface area (Å²) in [5.74, 6) is 0.375. The molecule has 0 fully saturated rings. The van der Waals surface area contributed by atoms with E-state index in [0.717, 1.165) is 48.2 Å². The number of benzene rings is 1. The summed E-state index contributed by atoms with van der Waals surface area (Å²) in [4.78, 5) is 6.78. The molecule has 0 atom stereocenters. The smallest absolute Gasteiger partial charge is 0.142 e. The molecule has 0 radical (unpaired) electrons. The number of hydrogen-bond donors (Lipinski definition) is 1.